The Labute approximate surface area is 93.1 Å². The number of rotatable bonds is 3. The number of hydrogen-bond donors (Lipinski definition) is 1. The molecule has 0 spiro atoms. The summed E-state index contributed by atoms with van der Waals surface area (Å²) in [5.41, 5.74) is 1.17. The van der Waals surface area contributed by atoms with Crippen LogP contribution in [0.4, 0.5) is 0 Å². The van der Waals surface area contributed by atoms with Gasteiger partial charge in [-0.25, -0.2) is 4.79 Å². The quantitative estimate of drug-likeness (QED) is 0.855. The molecule has 0 aliphatic heterocycles. The number of carboxylic acid groups (broad SMARTS) is 1. The van der Waals surface area contributed by atoms with Crippen molar-refractivity contribution in [3.8, 4) is 0 Å². The van der Waals surface area contributed by atoms with Gasteiger partial charge in [0.15, 0.2) is 5.69 Å². The summed E-state index contributed by atoms with van der Waals surface area (Å²) in [5.74, 6) is -1.00. The number of aromatic carboxylic acids is 1. The maximum absolute atomic E-state index is 10.7. The Morgan fingerprint density at radius 3 is 2.56 bits per heavy atom. The number of carboxylic acids is 1. The molecule has 0 aliphatic carbocycles. The van der Waals surface area contributed by atoms with Crippen molar-refractivity contribution in [2.75, 3.05) is 0 Å². The number of hydrogen-bond acceptors (Lipinski definition) is 2. The molecule has 1 atom stereocenters. The number of benzene rings is 1. The topological polar surface area (TPSA) is 55.1 Å². The second-order valence-corrected chi connectivity index (χ2v) is 3.57. The Morgan fingerprint density at radius 2 is 2.00 bits per heavy atom. The molecule has 1 heterocycles. The highest BCUT2D eigenvalue weighted by atomic mass is 16.4. The summed E-state index contributed by atoms with van der Waals surface area (Å²) in [6, 6.07) is 11.4. The fraction of sp³-hybridized carbons (Fsp3) is 0.167. The molecule has 2 rings (SSSR count). The highest BCUT2D eigenvalue weighted by molar-refractivity contribution is 5.85. The van der Waals surface area contributed by atoms with Crippen LogP contribution in [0.3, 0.4) is 0 Å². The van der Waals surface area contributed by atoms with Crippen molar-refractivity contribution < 1.29 is 9.90 Å². The van der Waals surface area contributed by atoms with E-state index < -0.39 is 5.97 Å². The van der Waals surface area contributed by atoms with Crippen molar-refractivity contribution in [1.29, 1.82) is 0 Å². The number of carbonyl (C=O) groups is 1. The van der Waals surface area contributed by atoms with E-state index in [1.165, 1.54) is 6.07 Å². The largest absolute Gasteiger partial charge is 0.476 e. The van der Waals surface area contributed by atoms with Crippen LogP contribution in [-0.2, 0) is 0 Å². The fourth-order valence-electron chi connectivity index (χ4n) is 1.55. The van der Waals surface area contributed by atoms with Gasteiger partial charge >= 0.3 is 5.97 Å². The maximum Gasteiger partial charge on any atom is 0.356 e. The Balaban J connectivity index is 2.27. The lowest BCUT2D eigenvalue weighted by molar-refractivity contribution is 0.0689. The maximum atomic E-state index is 10.7. The molecule has 1 N–H and O–H groups in total. The van der Waals surface area contributed by atoms with Crippen LogP contribution in [0.2, 0.25) is 0 Å². The van der Waals surface area contributed by atoms with Gasteiger partial charge in [-0.3, -0.25) is 4.68 Å². The zero-order valence-corrected chi connectivity index (χ0v) is 8.87. The first-order chi connectivity index (χ1) is 7.68. The minimum atomic E-state index is -1.00. The lowest BCUT2D eigenvalue weighted by Crippen LogP contribution is -2.08. The predicted octanol–water partition coefficient (Wildman–Crippen LogP) is 2.19. The minimum absolute atomic E-state index is 0.0364. The van der Waals surface area contributed by atoms with Gasteiger partial charge in [-0.05, 0) is 18.6 Å². The second kappa shape index (κ2) is 4.18. The van der Waals surface area contributed by atoms with E-state index in [1.54, 1.807) is 10.9 Å². The lowest BCUT2D eigenvalue weighted by Gasteiger charge is -2.11. The summed E-state index contributed by atoms with van der Waals surface area (Å²) in [6.45, 7) is 1.98. The second-order valence-electron chi connectivity index (χ2n) is 3.57. The van der Waals surface area contributed by atoms with Crippen molar-refractivity contribution in [1.82, 2.24) is 9.78 Å². The molecule has 82 valence electrons. The van der Waals surface area contributed by atoms with E-state index >= 15 is 0 Å². The number of aromatic nitrogens is 2. The van der Waals surface area contributed by atoms with Gasteiger partial charge in [-0.2, -0.15) is 5.10 Å². The molecule has 4 nitrogen and oxygen atoms in total. The summed E-state index contributed by atoms with van der Waals surface area (Å²) < 4.78 is 1.65. The van der Waals surface area contributed by atoms with Gasteiger partial charge in [-0.15, -0.1) is 0 Å². The predicted molar refractivity (Wildman–Crippen MR) is 59.4 cm³/mol. The van der Waals surface area contributed by atoms with E-state index in [1.807, 2.05) is 37.3 Å². The average molecular weight is 216 g/mol. The first kappa shape index (κ1) is 10.4. The van der Waals surface area contributed by atoms with E-state index in [4.69, 9.17) is 5.11 Å². The summed E-state index contributed by atoms with van der Waals surface area (Å²) in [6.07, 6.45) is 1.68. The van der Waals surface area contributed by atoms with Crippen molar-refractivity contribution in [2.45, 2.75) is 13.0 Å². The summed E-state index contributed by atoms with van der Waals surface area (Å²) >= 11 is 0. The normalized spacial score (nSPS) is 12.3. The third kappa shape index (κ3) is 1.95. The molecule has 16 heavy (non-hydrogen) atoms. The first-order valence-corrected chi connectivity index (χ1v) is 5.02. The highest BCUT2D eigenvalue weighted by Gasteiger charge is 2.11. The van der Waals surface area contributed by atoms with Gasteiger partial charge in [0.2, 0.25) is 0 Å². The Hall–Kier alpha value is -2.10. The molecular weight excluding hydrogens is 204 g/mol. The molecular formula is C12H12N2O2. The van der Waals surface area contributed by atoms with Gasteiger partial charge in [0.1, 0.15) is 0 Å². The Morgan fingerprint density at radius 1 is 1.31 bits per heavy atom. The zero-order chi connectivity index (χ0) is 11.5. The van der Waals surface area contributed by atoms with E-state index in [2.05, 4.69) is 5.10 Å². The van der Waals surface area contributed by atoms with E-state index in [9.17, 15) is 4.79 Å². The highest BCUT2D eigenvalue weighted by Crippen LogP contribution is 2.16. The fourth-order valence-corrected chi connectivity index (χ4v) is 1.55. The molecule has 0 fully saturated rings. The molecule has 2 aromatic rings. The van der Waals surface area contributed by atoms with Crippen molar-refractivity contribution in [3.63, 3.8) is 0 Å². The average Bonchev–Trinajstić information content (AvgIpc) is 2.78. The lowest BCUT2D eigenvalue weighted by atomic mass is 10.1. The van der Waals surface area contributed by atoms with Crippen LogP contribution in [0.5, 0.6) is 0 Å². The SMILES string of the molecule is CC(c1ccccc1)n1ccc(C(=O)O)n1. The monoisotopic (exact) mass is 216 g/mol. The van der Waals surface area contributed by atoms with Crippen molar-refractivity contribution in [3.05, 3.63) is 53.9 Å². The minimum Gasteiger partial charge on any atom is -0.476 e. The van der Waals surface area contributed by atoms with Crippen LogP contribution >= 0.6 is 0 Å². The van der Waals surface area contributed by atoms with E-state index in [-0.39, 0.29) is 11.7 Å². The standard InChI is InChI=1S/C12H12N2O2/c1-9(10-5-3-2-4-6-10)14-8-7-11(13-14)12(15)16/h2-9H,1H3,(H,15,16). The Bertz CT molecular complexity index is 491. The van der Waals surface area contributed by atoms with Gasteiger partial charge < -0.3 is 5.11 Å². The molecule has 1 unspecified atom stereocenters. The van der Waals surface area contributed by atoms with E-state index in [0.29, 0.717) is 0 Å². The van der Waals surface area contributed by atoms with Crippen LogP contribution in [0.25, 0.3) is 0 Å². The molecule has 0 radical (unpaired) electrons. The molecule has 0 saturated heterocycles. The smallest absolute Gasteiger partial charge is 0.356 e. The first-order valence-electron chi connectivity index (χ1n) is 5.02. The van der Waals surface area contributed by atoms with Gasteiger partial charge in [0, 0.05) is 6.20 Å². The van der Waals surface area contributed by atoms with E-state index in [0.717, 1.165) is 5.56 Å². The van der Waals surface area contributed by atoms with Crippen LogP contribution in [0, 0.1) is 0 Å². The van der Waals surface area contributed by atoms with Crippen LogP contribution < -0.4 is 0 Å². The van der Waals surface area contributed by atoms with Crippen molar-refractivity contribution >= 4 is 5.97 Å². The van der Waals surface area contributed by atoms with Crippen LogP contribution in [0.1, 0.15) is 29.0 Å². The zero-order valence-electron chi connectivity index (χ0n) is 8.87. The van der Waals surface area contributed by atoms with Crippen LogP contribution in [0.15, 0.2) is 42.6 Å². The van der Waals surface area contributed by atoms with Gasteiger partial charge in [0.05, 0.1) is 6.04 Å². The molecule has 4 heteroatoms. The Kier molecular flexibility index (Phi) is 2.72. The molecule has 0 saturated carbocycles. The third-order valence-electron chi connectivity index (χ3n) is 2.51. The summed E-state index contributed by atoms with van der Waals surface area (Å²) in [4.78, 5) is 10.7. The molecule has 0 bridgehead atoms. The van der Waals surface area contributed by atoms with Gasteiger partial charge in [0.25, 0.3) is 0 Å². The summed E-state index contributed by atoms with van der Waals surface area (Å²) in [5, 5.41) is 12.8. The molecule has 1 aromatic heterocycles. The molecule has 0 amide bonds. The number of nitrogens with zero attached hydrogens (tertiary/aromatic N) is 2. The van der Waals surface area contributed by atoms with Crippen LogP contribution in [-0.4, -0.2) is 20.9 Å². The third-order valence-corrected chi connectivity index (χ3v) is 2.51. The van der Waals surface area contributed by atoms with Crippen molar-refractivity contribution in [2.24, 2.45) is 0 Å². The molecule has 0 aliphatic rings. The molecule has 1 aromatic carbocycles. The van der Waals surface area contributed by atoms with Gasteiger partial charge in [-0.1, -0.05) is 30.3 Å². The summed E-state index contributed by atoms with van der Waals surface area (Å²) in [7, 11) is 0.